The molecule has 0 bridgehead atoms. The predicted octanol–water partition coefficient (Wildman–Crippen LogP) is 3.83. The highest BCUT2D eigenvalue weighted by Gasteiger charge is 2.32. The number of ether oxygens (including phenoxy) is 1. The van der Waals surface area contributed by atoms with Gasteiger partial charge in [-0.3, -0.25) is 4.72 Å². The average Bonchev–Trinajstić information content (AvgIpc) is 2.56. The van der Waals surface area contributed by atoms with Crippen molar-refractivity contribution in [2.45, 2.75) is 30.6 Å². The van der Waals surface area contributed by atoms with E-state index < -0.39 is 28.2 Å². The van der Waals surface area contributed by atoms with Crippen LogP contribution in [0.5, 0.6) is 5.75 Å². The molecule has 3 rings (SSSR count). The van der Waals surface area contributed by atoms with E-state index in [0.717, 1.165) is 12.1 Å². The van der Waals surface area contributed by atoms with Gasteiger partial charge in [-0.1, -0.05) is 30.1 Å². The van der Waals surface area contributed by atoms with Gasteiger partial charge in [-0.25, -0.2) is 12.8 Å². The zero-order chi connectivity index (χ0) is 19.1. The van der Waals surface area contributed by atoms with E-state index in [2.05, 4.69) is 10.0 Å². The van der Waals surface area contributed by atoms with Crippen LogP contribution in [-0.4, -0.2) is 25.9 Å². The van der Waals surface area contributed by atoms with Crippen LogP contribution in [0.3, 0.4) is 0 Å². The average molecular weight is 421 g/mol. The Morgan fingerprint density at radius 2 is 2.04 bits per heavy atom. The summed E-state index contributed by atoms with van der Waals surface area (Å²) < 4.78 is 46.8. The van der Waals surface area contributed by atoms with Gasteiger partial charge in [-0.15, -0.1) is 0 Å². The van der Waals surface area contributed by atoms with Crippen LogP contribution in [-0.2, 0) is 10.0 Å². The number of anilines is 2. The fraction of sp³-hybridized carbons (Fsp3) is 0.250. The minimum absolute atomic E-state index is 0.0117. The topological polar surface area (TPSA) is 87.7 Å². The quantitative estimate of drug-likeness (QED) is 0.699. The Hall–Kier alpha value is -1.74. The summed E-state index contributed by atoms with van der Waals surface area (Å²) in [6.07, 6.45) is -1.18. The fourth-order valence-electron chi connectivity index (χ4n) is 2.54. The number of rotatable bonds is 4. The molecule has 0 saturated carbocycles. The Kier molecular flexibility index (Phi) is 5.21. The lowest BCUT2D eigenvalue weighted by Gasteiger charge is -2.32. The van der Waals surface area contributed by atoms with E-state index in [-0.39, 0.29) is 32.1 Å². The SMILES string of the molecule is CCC1Oc2c(cc(Cl)cc2S(=O)(=O)Nc2ccc(F)cc2Cl)NC1O. The molecule has 0 aromatic heterocycles. The molecule has 1 heterocycles. The van der Waals surface area contributed by atoms with E-state index in [0.29, 0.717) is 6.42 Å². The number of fused-ring (bicyclic) bond motifs is 1. The molecule has 1 aliphatic heterocycles. The molecule has 0 radical (unpaired) electrons. The third-order valence-corrected chi connectivity index (χ3v) is 5.71. The number of aliphatic hydroxyl groups excluding tert-OH is 1. The van der Waals surface area contributed by atoms with E-state index in [4.69, 9.17) is 27.9 Å². The summed E-state index contributed by atoms with van der Waals surface area (Å²) in [6.45, 7) is 1.79. The van der Waals surface area contributed by atoms with Crippen molar-refractivity contribution in [2.75, 3.05) is 10.0 Å². The van der Waals surface area contributed by atoms with Crippen molar-refractivity contribution in [2.24, 2.45) is 0 Å². The minimum Gasteiger partial charge on any atom is -0.482 e. The van der Waals surface area contributed by atoms with Crippen molar-refractivity contribution in [3.05, 3.63) is 46.2 Å². The summed E-state index contributed by atoms with van der Waals surface area (Å²) >= 11 is 11.9. The number of aliphatic hydroxyl groups is 1. The zero-order valence-electron chi connectivity index (χ0n) is 13.5. The number of nitrogens with one attached hydrogen (secondary N) is 2. The molecule has 0 fully saturated rings. The lowest BCUT2D eigenvalue weighted by molar-refractivity contribution is 0.0408. The molecule has 2 atom stereocenters. The molecule has 0 amide bonds. The summed E-state index contributed by atoms with van der Waals surface area (Å²) in [5.74, 6) is -0.553. The second kappa shape index (κ2) is 7.11. The summed E-state index contributed by atoms with van der Waals surface area (Å²) in [7, 11) is -4.15. The van der Waals surface area contributed by atoms with Crippen LogP contribution in [0.1, 0.15) is 13.3 Å². The number of hydrogen-bond acceptors (Lipinski definition) is 5. The number of hydrogen-bond donors (Lipinski definition) is 3. The third kappa shape index (κ3) is 3.68. The van der Waals surface area contributed by atoms with Crippen molar-refractivity contribution < 1.29 is 22.7 Å². The van der Waals surface area contributed by atoms with Crippen LogP contribution < -0.4 is 14.8 Å². The summed E-state index contributed by atoms with van der Waals surface area (Å²) in [6, 6.07) is 5.97. The molecule has 140 valence electrons. The van der Waals surface area contributed by atoms with Gasteiger partial charge in [-0.2, -0.15) is 0 Å². The Bertz CT molecular complexity index is 956. The van der Waals surface area contributed by atoms with Crippen molar-refractivity contribution >= 4 is 44.6 Å². The molecule has 6 nitrogen and oxygen atoms in total. The lowest BCUT2D eigenvalue weighted by atomic mass is 10.1. The number of benzene rings is 2. The van der Waals surface area contributed by atoms with Gasteiger partial charge >= 0.3 is 0 Å². The molecule has 2 aromatic carbocycles. The first-order valence-electron chi connectivity index (χ1n) is 7.64. The van der Waals surface area contributed by atoms with Crippen molar-refractivity contribution in [1.29, 1.82) is 0 Å². The molecule has 10 heteroatoms. The fourth-order valence-corrected chi connectivity index (χ4v) is 4.36. The van der Waals surface area contributed by atoms with E-state index in [9.17, 15) is 17.9 Å². The first kappa shape index (κ1) is 19.0. The maximum Gasteiger partial charge on any atom is 0.265 e. The summed E-state index contributed by atoms with van der Waals surface area (Å²) in [4.78, 5) is -0.224. The Morgan fingerprint density at radius 3 is 2.69 bits per heavy atom. The monoisotopic (exact) mass is 420 g/mol. The number of sulfonamides is 1. The van der Waals surface area contributed by atoms with Gasteiger partial charge < -0.3 is 15.2 Å². The molecule has 1 aliphatic rings. The van der Waals surface area contributed by atoms with E-state index >= 15 is 0 Å². The van der Waals surface area contributed by atoms with Gasteiger partial charge in [0.25, 0.3) is 10.0 Å². The van der Waals surface area contributed by atoms with Gasteiger partial charge in [0, 0.05) is 5.02 Å². The molecule has 0 aliphatic carbocycles. The van der Waals surface area contributed by atoms with Crippen LogP contribution in [0, 0.1) is 5.82 Å². The third-order valence-electron chi connectivity index (χ3n) is 3.81. The molecule has 2 aromatic rings. The van der Waals surface area contributed by atoms with Gasteiger partial charge in [0.05, 0.1) is 16.4 Å². The molecular formula is C16H15Cl2FN2O4S. The highest BCUT2D eigenvalue weighted by atomic mass is 35.5. The highest BCUT2D eigenvalue weighted by Crippen LogP contribution is 2.41. The van der Waals surface area contributed by atoms with Crippen molar-refractivity contribution in [3.8, 4) is 5.75 Å². The summed E-state index contributed by atoms with van der Waals surface area (Å²) in [5.41, 5.74) is 0.262. The van der Waals surface area contributed by atoms with Gasteiger partial charge in [0.1, 0.15) is 16.8 Å². The second-order valence-corrected chi connectivity index (χ2v) is 8.16. The largest absolute Gasteiger partial charge is 0.482 e. The molecule has 0 spiro atoms. The van der Waals surface area contributed by atoms with Gasteiger partial charge in [-0.05, 0) is 36.8 Å². The smallest absolute Gasteiger partial charge is 0.265 e. The maximum atomic E-state index is 13.2. The first-order valence-corrected chi connectivity index (χ1v) is 9.88. The summed E-state index contributed by atoms with van der Waals surface area (Å²) in [5, 5.41) is 12.8. The molecule has 3 N–H and O–H groups in total. The Morgan fingerprint density at radius 1 is 1.31 bits per heavy atom. The van der Waals surface area contributed by atoms with Crippen LogP contribution >= 0.6 is 23.2 Å². The zero-order valence-corrected chi connectivity index (χ0v) is 15.8. The van der Waals surface area contributed by atoms with E-state index in [1.807, 2.05) is 0 Å². The highest BCUT2D eigenvalue weighted by molar-refractivity contribution is 7.92. The molecular weight excluding hydrogens is 406 g/mol. The number of halogens is 3. The Labute approximate surface area is 159 Å². The normalized spacial score (nSPS) is 19.3. The predicted molar refractivity (Wildman–Crippen MR) is 98.0 cm³/mol. The van der Waals surface area contributed by atoms with E-state index in [1.54, 1.807) is 6.92 Å². The van der Waals surface area contributed by atoms with Crippen LogP contribution in [0.15, 0.2) is 35.2 Å². The standard InChI is InChI=1S/C16H15Cl2FN2O4S/c1-2-13-16(22)20-12-5-8(17)6-14(15(12)25-13)26(23,24)21-11-4-3-9(19)7-10(11)18/h3-7,13,16,20-22H,2H2,1H3. The molecule has 26 heavy (non-hydrogen) atoms. The second-order valence-electron chi connectivity index (χ2n) is 5.66. The van der Waals surface area contributed by atoms with Gasteiger partial charge in [0.2, 0.25) is 0 Å². The van der Waals surface area contributed by atoms with Gasteiger partial charge in [0.15, 0.2) is 12.0 Å². The Balaban J connectivity index is 2.05. The molecule has 0 saturated heterocycles. The minimum atomic E-state index is -4.15. The molecule has 2 unspecified atom stereocenters. The maximum absolute atomic E-state index is 13.2. The lowest BCUT2D eigenvalue weighted by Crippen LogP contribution is -2.41. The van der Waals surface area contributed by atoms with Crippen molar-refractivity contribution in [3.63, 3.8) is 0 Å². The van der Waals surface area contributed by atoms with Crippen LogP contribution in [0.25, 0.3) is 0 Å². The van der Waals surface area contributed by atoms with Crippen LogP contribution in [0.4, 0.5) is 15.8 Å². The van der Waals surface area contributed by atoms with Crippen molar-refractivity contribution in [1.82, 2.24) is 0 Å². The van der Waals surface area contributed by atoms with E-state index in [1.165, 1.54) is 18.2 Å². The first-order chi connectivity index (χ1) is 12.2. The van der Waals surface area contributed by atoms with Crippen LogP contribution in [0.2, 0.25) is 10.0 Å².